The van der Waals surface area contributed by atoms with Crippen molar-refractivity contribution < 1.29 is 9.47 Å². The number of nitrogens with two attached hydrogens (primary N) is 1. The van der Waals surface area contributed by atoms with E-state index >= 15 is 0 Å². The standard InChI is InChI=1S/C21H34N2O2/c1-19-9-4-3-5-14(19)13-21(24-11-12-25-21)18-15-6-7-17(23-22)20(15,2)10-8-16(18)19/h14-16,18H,3-13,22H2,1-2H3/b23-17-/t14-,15+,16+,18+,19+,20+/m1/s1. The second-order valence-electron chi connectivity index (χ2n) is 9.97. The van der Waals surface area contributed by atoms with Gasteiger partial charge >= 0.3 is 0 Å². The Hall–Kier alpha value is -0.610. The third-order valence-electron chi connectivity index (χ3n) is 9.28. The van der Waals surface area contributed by atoms with Gasteiger partial charge in [-0.3, -0.25) is 0 Å². The van der Waals surface area contributed by atoms with Crippen LogP contribution in [0.4, 0.5) is 0 Å². The topological polar surface area (TPSA) is 56.8 Å². The van der Waals surface area contributed by atoms with Crippen LogP contribution >= 0.6 is 0 Å². The van der Waals surface area contributed by atoms with Crippen LogP contribution in [0, 0.1) is 34.5 Å². The Labute approximate surface area is 151 Å². The minimum Gasteiger partial charge on any atom is -0.347 e. The molecule has 4 nitrogen and oxygen atoms in total. The van der Waals surface area contributed by atoms with Gasteiger partial charge in [0.15, 0.2) is 5.79 Å². The van der Waals surface area contributed by atoms with E-state index in [1.165, 1.54) is 50.7 Å². The zero-order valence-corrected chi connectivity index (χ0v) is 15.9. The molecule has 4 aliphatic carbocycles. The van der Waals surface area contributed by atoms with Gasteiger partial charge in [0.2, 0.25) is 0 Å². The fourth-order valence-electron chi connectivity index (χ4n) is 8.01. The normalized spacial score (nSPS) is 52.8. The number of nitrogens with zero attached hydrogens (tertiary/aromatic N) is 1. The molecule has 1 spiro atoms. The van der Waals surface area contributed by atoms with Gasteiger partial charge < -0.3 is 15.3 Å². The first-order chi connectivity index (χ1) is 12.0. The van der Waals surface area contributed by atoms with E-state index in [1.807, 2.05) is 0 Å². The molecule has 1 saturated heterocycles. The fraction of sp³-hybridized carbons (Fsp3) is 0.952. The summed E-state index contributed by atoms with van der Waals surface area (Å²) in [7, 11) is 0. The maximum Gasteiger partial charge on any atom is 0.172 e. The third-order valence-corrected chi connectivity index (χ3v) is 9.28. The van der Waals surface area contributed by atoms with Gasteiger partial charge in [-0.05, 0) is 61.7 Å². The van der Waals surface area contributed by atoms with Gasteiger partial charge in [0.1, 0.15) is 0 Å². The van der Waals surface area contributed by atoms with Crippen LogP contribution in [0.5, 0.6) is 0 Å². The van der Waals surface area contributed by atoms with Gasteiger partial charge in [0.05, 0.1) is 13.2 Å². The molecule has 0 aromatic carbocycles. The van der Waals surface area contributed by atoms with Crippen molar-refractivity contribution in [3.8, 4) is 0 Å². The first kappa shape index (κ1) is 16.6. The largest absolute Gasteiger partial charge is 0.347 e. The average Bonchev–Trinajstić information content (AvgIpc) is 3.20. The Morgan fingerprint density at radius 2 is 1.80 bits per heavy atom. The van der Waals surface area contributed by atoms with Crippen molar-refractivity contribution in [1.29, 1.82) is 0 Å². The lowest BCUT2D eigenvalue weighted by molar-refractivity contribution is -0.293. The van der Waals surface area contributed by atoms with Gasteiger partial charge in [-0.1, -0.05) is 26.7 Å². The summed E-state index contributed by atoms with van der Waals surface area (Å²) in [6.07, 6.45) is 11.5. The lowest BCUT2D eigenvalue weighted by Crippen LogP contribution is -2.63. The molecule has 1 aliphatic heterocycles. The SMILES string of the molecule is C[C@]12CCCC[C@@H]1CC1(OCCO1)[C@@H]1[C@@H]2CC[C@]2(C)/C(=N\N)CC[C@@H]12. The highest BCUT2D eigenvalue weighted by molar-refractivity contribution is 5.92. The number of hydrazone groups is 1. The number of fused-ring (bicyclic) bond motifs is 6. The van der Waals surface area contributed by atoms with E-state index in [0.717, 1.165) is 37.9 Å². The zero-order chi connectivity index (χ0) is 17.3. The van der Waals surface area contributed by atoms with Gasteiger partial charge in [0, 0.05) is 23.5 Å². The average molecular weight is 347 g/mol. The molecule has 5 rings (SSSR count). The summed E-state index contributed by atoms with van der Waals surface area (Å²) < 4.78 is 12.9. The summed E-state index contributed by atoms with van der Waals surface area (Å²) in [5, 5.41) is 4.23. The predicted molar refractivity (Wildman–Crippen MR) is 98.0 cm³/mol. The Kier molecular flexibility index (Phi) is 3.61. The molecule has 5 fully saturated rings. The molecular weight excluding hydrogens is 312 g/mol. The van der Waals surface area contributed by atoms with Crippen molar-refractivity contribution in [2.75, 3.05) is 13.2 Å². The van der Waals surface area contributed by atoms with E-state index in [-0.39, 0.29) is 11.2 Å². The lowest BCUT2D eigenvalue weighted by atomic mass is 9.43. The highest BCUT2D eigenvalue weighted by Gasteiger charge is 2.67. The summed E-state index contributed by atoms with van der Waals surface area (Å²) in [6.45, 7) is 6.57. The number of hydrogen-bond acceptors (Lipinski definition) is 4. The fourth-order valence-corrected chi connectivity index (χ4v) is 8.01. The first-order valence-corrected chi connectivity index (χ1v) is 10.6. The minimum atomic E-state index is -0.317. The van der Waals surface area contributed by atoms with E-state index in [2.05, 4.69) is 18.9 Å². The van der Waals surface area contributed by atoms with E-state index in [1.54, 1.807) is 0 Å². The van der Waals surface area contributed by atoms with E-state index in [0.29, 0.717) is 17.3 Å². The van der Waals surface area contributed by atoms with Crippen molar-refractivity contribution in [2.24, 2.45) is 45.4 Å². The Morgan fingerprint density at radius 3 is 2.56 bits per heavy atom. The number of hydrogen-bond donors (Lipinski definition) is 1. The van der Waals surface area contributed by atoms with Crippen LogP contribution in [0.2, 0.25) is 0 Å². The molecular formula is C21H34N2O2. The Balaban J connectivity index is 1.60. The van der Waals surface area contributed by atoms with Crippen LogP contribution in [0.25, 0.3) is 0 Å². The number of rotatable bonds is 0. The summed E-state index contributed by atoms with van der Waals surface area (Å²) >= 11 is 0. The molecule has 1 heterocycles. The predicted octanol–water partition coefficient (Wildman–Crippen LogP) is 4.09. The van der Waals surface area contributed by atoms with Gasteiger partial charge in [0.25, 0.3) is 0 Å². The van der Waals surface area contributed by atoms with Crippen LogP contribution in [-0.2, 0) is 9.47 Å². The van der Waals surface area contributed by atoms with Gasteiger partial charge in [-0.2, -0.15) is 5.10 Å². The molecule has 4 saturated carbocycles. The van der Waals surface area contributed by atoms with Crippen LogP contribution in [0.15, 0.2) is 5.10 Å². The summed E-state index contributed by atoms with van der Waals surface area (Å²) in [5.74, 6) is 8.13. The van der Waals surface area contributed by atoms with Crippen molar-refractivity contribution in [3.63, 3.8) is 0 Å². The molecule has 4 heteroatoms. The van der Waals surface area contributed by atoms with E-state index < -0.39 is 0 Å². The molecule has 0 aromatic heterocycles. The Bertz CT molecular complexity index is 584. The third kappa shape index (κ3) is 2.04. The number of ether oxygens (including phenoxy) is 2. The molecule has 0 bridgehead atoms. The molecule has 0 amide bonds. The molecule has 140 valence electrons. The van der Waals surface area contributed by atoms with Gasteiger partial charge in [-0.25, -0.2) is 0 Å². The molecule has 5 aliphatic rings. The quantitative estimate of drug-likeness (QED) is 0.531. The minimum absolute atomic E-state index is 0.163. The van der Waals surface area contributed by atoms with Crippen LogP contribution in [-0.4, -0.2) is 24.7 Å². The van der Waals surface area contributed by atoms with Crippen molar-refractivity contribution in [1.82, 2.24) is 0 Å². The van der Waals surface area contributed by atoms with E-state index in [9.17, 15) is 0 Å². The second-order valence-corrected chi connectivity index (χ2v) is 9.97. The maximum atomic E-state index is 6.47. The molecule has 2 N–H and O–H groups in total. The van der Waals surface area contributed by atoms with E-state index in [4.69, 9.17) is 15.3 Å². The maximum absolute atomic E-state index is 6.47. The Morgan fingerprint density at radius 1 is 1.00 bits per heavy atom. The monoisotopic (exact) mass is 346 g/mol. The molecule has 0 radical (unpaired) electrons. The van der Waals surface area contributed by atoms with Gasteiger partial charge in [-0.15, -0.1) is 0 Å². The second kappa shape index (κ2) is 5.45. The summed E-state index contributed by atoms with van der Waals surface area (Å²) in [4.78, 5) is 0. The van der Waals surface area contributed by atoms with Crippen molar-refractivity contribution in [2.45, 2.75) is 77.4 Å². The first-order valence-electron chi connectivity index (χ1n) is 10.6. The van der Waals surface area contributed by atoms with Crippen LogP contribution < -0.4 is 5.84 Å². The van der Waals surface area contributed by atoms with Crippen LogP contribution in [0.1, 0.15) is 71.6 Å². The smallest absolute Gasteiger partial charge is 0.172 e. The highest BCUT2D eigenvalue weighted by atomic mass is 16.7. The summed E-state index contributed by atoms with van der Waals surface area (Å²) in [6, 6.07) is 0. The molecule has 0 unspecified atom stereocenters. The zero-order valence-electron chi connectivity index (χ0n) is 15.9. The highest BCUT2D eigenvalue weighted by Crippen LogP contribution is 2.69. The lowest BCUT2D eigenvalue weighted by Gasteiger charge is -2.64. The molecule has 6 atom stereocenters. The van der Waals surface area contributed by atoms with Crippen LogP contribution in [0.3, 0.4) is 0 Å². The van der Waals surface area contributed by atoms with Crippen molar-refractivity contribution in [3.05, 3.63) is 0 Å². The summed E-state index contributed by atoms with van der Waals surface area (Å²) in [5.41, 5.74) is 1.89. The molecule has 25 heavy (non-hydrogen) atoms. The molecule has 0 aromatic rings. The van der Waals surface area contributed by atoms with Crippen molar-refractivity contribution >= 4 is 5.71 Å².